The van der Waals surface area contributed by atoms with Crippen LogP contribution in [0.25, 0.3) is 0 Å². The highest BCUT2D eigenvalue weighted by Gasteiger charge is 2.35. The highest BCUT2D eigenvalue weighted by atomic mass is 35.5. The Balaban J connectivity index is 1.73. The molecule has 4 nitrogen and oxygen atoms in total. The van der Waals surface area contributed by atoms with E-state index >= 15 is 0 Å². The van der Waals surface area contributed by atoms with Gasteiger partial charge in [0.05, 0.1) is 5.69 Å². The van der Waals surface area contributed by atoms with Gasteiger partial charge in [-0.1, -0.05) is 33.8 Å². The van der Waals surface area contributed by atoms with Crippen LogP contribution in [0.1, 0.15) is 39.7 Å². The Morgan fingerprint density at radius 2 is 2.19 bits per heavy atom. The lowest BCUT2D eigenvalue weighted by Gasteiger charge is -2.38. The number of rotatable bonds is 3. The molecule has 1 aromatic heterocycles. The summed E-state index contributed by atoms with van der Waals surface area (Å²) in [5.74, 6) is 0.127. The Labute approximate surface area is 136 Å². The van der Waals surface area contributed by atoms with Crippen LogP contribution in [0.15, 0.2) is 18.2 Å². The molecule has 2 aromatic rings. The zero-order chi connectivity index (χ0) is 15.0. The van der Waals surface area contributed by atoms with E-state index in [9.17, 15) is 4.79 Å². The number of aryl methyl sites for hydroxylation is 1. The molecule has 110 valence electrons. The van der Waals surface area contributed by atoms with Crippen molar-refractivity contribution in [3.8, 4) is 0 Å². The fraction of sp³-hybridized carbons (Fsp3) is 0.357. The van der Waals surface area contributed by atoms with Crippen LogP contribution < -0.4 is 5.32 Å². The molecule has 0 aliphatic heterocycles. The smallest absolute Gasteiger partial charge is 0.265 e. The number of carbonyl (C=O) groups excluding carboxylic acids is 1. The first-order valence-electron chi connectivity index (χ1n) is 6.61. The summed E-state index contributed by atoms with van der Waals surface area (Å²) >= 11 is 13.3. The van der Waals surface area contributed by atoms with Gasteiger partial charge in [-0.25, -0.2) is 0 Å². The molecule has 7 heteroatoms. The van der Waals surface area contributed by atoms with E-state index in [0.29, 0.717) is 20.6 Å². The molecule has 1 amide bonds. The van der Waals surface area contributed by atoms with E-state index in [0.717, 1.165) is 29.9 Å². The molecule has 1 fully saturated rings. The number of hydrogen-bond donors (Lipinski definition) is 1. The Morgan fingerprint density at radius 3 is 2.76 bits per heavy atom. The summed E-state index contributed by atoms with van der Waals surface area (Å²) in [5.41, 5.74) is 1.70. The molecule has 1 aliphatic rings. The maximum atomic E-state index is 12.2. The van der Waals surface area contributed by atoms with E-state index in [1.54, 1.807) is 13.0 Å². The summed E-state index contributed by atoms with van der Waals surface area (Å²) in [6.45, 7) is 1.78. The minimum absolute atomic E-state index is 0.0951. The molecular formula is C14H13Cl2N3OS. The van der Waals surface area contributed by atoms with Crippen molar-refractivity contribution in [2.45, 2.75) is 31.7 Å². The van der Waals surface area contributed by atoms with E-state index in [1.807, 2.05) is 12.1 Å². The molecule has 1 N–H and O–H groups in total. The van der Waals surface area contributed by atoms with Crippen LogP contribution in [-0.4, -0.2) is 21.5 Å². The summed E-state index contributed by atoms with van der Waals surface area (Å²) < 4.78 is 3.79. The molecule has 1 saturated carbocycles. The van der Waals surface area contributed by atoms with E-state index in [4.69, 9.17) is 23.2 Å². The van der Waals surface area contributed by atoms with Crippen molar-refractivity contribution >= 4 is 40.6 Å². The number of nitrogens with one attached hydrogen (secondary N) is 1. The van der Waals surface area contributed by atoms with Crippen molar-refractivity contribution in [1.29, 1.82) is 0 Å². The maximum absolute atomic E-state index is 12.2. The largest absolute Gasteiger partial charge is 0.348 e. The van der Waals surface area contributed by atoms with Gasteiger partial charge < -0.3 is 5.32 Å². The van der Waals surface area contributed by atoms with Crippen LogP contribution in [0.5, 0.6) is 0 Å². The molecule has 1 heterocycles. The molecule has 0 radical (unpaired) electrons. The zero-order valence-corrected chi connectivity index (χ0v) is 13.6. The minimum atomic E-state index is -0.109. The number of hydrogen-bond acceptors (Lipinski definition) is 4. The summed E-state index contributed by atoms with van der Waals surface area (Å²) in [7, 11) is 0. The molecule has 3 rings (SSSR count). The summed E-state index contributed by atoms with van der Waals surface area (Å²) in [6.07, 6.45) is 1.95. The first-order valence-corrected chi connectivity index (χ1v) is 8.14. The van der Waals surface area contributed by atoms with Crippen LogP contribution in [0.2, 0.25) is 10.0 Å². The lowest BCUT2D eigenvalue weighted by Crippen LogP contribution is -2.45. The highest BCUT2D eigenvalue weighted by Crippen LogP contribution is 2.41. The second-order valence-electron chi connectivity index (χ2n) is 5.12. The molecule has 21 heavy (non-hydrogen) atoms. The van der Waals surface area contributed by atoms with Gasteiger partial charge in [0.25, 0.3) is 5.91 Å². The van der Waals surface area contributed by atoms with E-state index in [-0.39, 0.29) is 17.9 Å². The molecule has 0 spiro atoms. The van der Waals surface area contributed by atoms with Gasteiger partial charge in [0.15, 0.2) is 0 Å². The van der Waals surface area contributed by atoms with Crippen LogP contribution in [0.4, 0.5) is 0 Å². The Morgan fingerprint density at radius 1 is 1.38 bits per heavy atom. The Bertz CT molecular complexity index is 689. The number of aromatic nitrogens is 2. The predicted molar refractivity (Wildman–Crippen MR) is 84.3 cm³/mol. The zero-order valence-electron chi connectivity index (χ0n) is 11.3. The van der Waals surface area contributed by atoms with Crippen LogP contribution in [0.3, 0.4) is 0 Å². The Kier molecular flexibility index (Phi) is 4.15. The van der Waals surface area contributed by atoms with Crippen LogP contribution in [0, 0.1) is 6.92 Å². The van der Waals surface area contributed by atoms with Crippen molar-refractivity contribution < 1.29 is 4.79 Å². The van der Waals surface area contributed by atoms with E-state index in [1.165, 1.54) is 0 Å². The molecule has 0 saturated heterocycles. The van der Waals surface area contributed by atoms with Crippen molar-refractivity contribution in [2.75, 3.05) is 0 Å². The fourth-order valence-electron chi connectivity index (χ4n) is 2.52. The van der Waals surface area contributed by atoms with Gasteiger partial charge in [-0.3, -0.25) is 4.79 Å². The van der Waals surface area contributed by atoms with Gasteiger partial charge in [0.1, 0.15) is 4.88 Å². The lowest BCUT2D eigenvalue weighted by molar-refractivity contribution is 0.0908. The van der Waals surface area contributed by atoms with E-state index in [2.05, 4.69) is 14.9 Å². The van der Waals surface area contributed by atoms with Crippen molar-refractivity contribution in [1.82, 2.24) is 14.9 Å². The van der Waals surface area contributed by atoms with Crippen molar-refractivity contribution in [2.24, 2.45) is 0 Å². The lowest BCUT2D eigenvalue weighted by atomic mass is 9.75. The van der Waals surface area contributed by atoms with Gasteiger partial charge in [0.2, 0.25) is 0 Å². The third kappa shape index (κ3) is 2.91. The van der Waals surface area contributed by atoms with E-state index < -0.39 is 0 Å². The van der Waals surface area contributed by atoms with Crippen LogP contribution >= 0.6 is 34.7 Å². The SMILES string of the molecule is Cc1nnsc1C(=O)N[C@H]1CC[C@H]1c1ccc(Cl)cc1Cl. The normalized spacial score (nSPS) is 20.9. The molecule has 2 atom stereocenters. The van der Waals surface area contributed by atoms with Gasteiger partial charge in [-0.2, -0.15) is 0 Å². The summed E-state index contributed by atoms with van der Waals surface area (Å²) in [6, 6.07) is 5.61. The van der Waals surface area contributed by atoms with Crippen molar-refractivity contribution in [3.63, 3.8) is 0 Å². The Hall–Kier alpha value is -1.17. The van der Waals surface area contributed by atoms with Gasteiger partial charge in [-0.15, -0.1) is 5.10 Å². The molecular weight excluding hydrogens is 329 g/mol. The number of carbonyl (C=O) groups is 1. The third-order valence-electron chi connectivity index (χ3n) is 3.81. The second-order valence-corrected chi connectivity index (χ2v) is 6.71. The van der Waals surface area contributed by atoms with Crippen LogP contribution in [-0.2, 0) is 0 Å². The minimum Gasteiger partial charge on any atom is -0.348 e. The van der Waals surface area contributed by atoms with Gasteiger partial charge in [-0.05, 0) is 49.0 Å². The molecule has 1 aliphatic carbocycles. The number of amides is 1. The average molecular weight is 342 g/mol. The molecule has 0 unspecified atom stereocenters. The summed E-state index contributed by atoms with van der Waals surface area (Å²) in [4.78, 5) is 12.8. The number of halogens is 2. The first-order chi connectivity index (χ1) is 10.1. The predicted octanol–water partition coefficient (Wildman–Crippen LogP) is 3.83. The average Bonchev–Trinajstić information content (AvgIpc) is 2.84. The highest BCUT2D eigenvalue weighted by molar-refractivity contribution is 7.08. The number of nitrogens with zero attached hydrogens (tertiary/aromatic N) is 2. The van der Waals surface area contributed by atoms with Crippen molar-refractivity contribution in [3.05, 3.63) is 44.4 Å². The standard InChI is InChI=1S/C14H13Cl2N3OS/c1-7-13(21-19-18-7)14(20)17-12-5-4-10(12)9-3-2-8(15)6-11(9)16/h2-3,6,10,12H,4-5H2,1H3,(H,17,20)/t10-,12-/m0/s1. The molecule has 1 aromatic carbocycles. The second kappa shape index (κ2) is 5.91. The maximum Gasteiger partial charge on any atom is 0.265 e. The number of benzene rings is 1. The topological polar surface area (TPSA) is 54.9 Å². The van der Waals surface area contributed by atoms with Gasteiger partial charge >= 0.3 is 0 Å². The summed E-state index contributed by atoms with van der Waals surface area (Å²) in [5, 5.41) is 8.19. The third-order valence-corrected chi connectivity index (χ3v) is 5.20. The quantitative estimate of drug-likeness (QED) is 0.922. The fourth-order valence-corrected chi connectivity index (χ4v) is 3.63. The van der Waals surface area contributed by atoms with Gasteiger partial charge in [0, 0.05) is 22.0 Å². The molecule has 0 bridgehead atoms. The monoisotopic (exact) mass is 341 g/mol. The first kappa shape index (κ1) is 14.8.